The average molecular weight is 587 g/mol. The van der Waals surface area contributed by atoms with Crippen LogP contribution in [0.2, 0.25) is 0 Å². The highest BCUT2D eigenvalue weighted by molar-refractivity contribution is 7.92. The lowest BCUT2D eigenvalue weighted by Crippen LogP contribution is -2.28. The number of nitrogens with one attached hydrogen (secondary N) is 1. The number of carbonyl (C=O) groups excluding carboxylic acids is 1. The van der Waals surface area contributed by atoms with E-state index in [-0.39, 0.29) is 29.7 Å². The second kappa shape index (κ2) is 11.9. The Hall–Kier alpha value is -4.90. The van der Waals surface area contributed by atoms with Crippen LogP contribution in [0.3, 0.4) is 0 Å². The van der Waals surface area contributed by atoms with Gasteiger partial charge in [-0.3, -0.25) is 4.79 Å². The van der Waals surface area contributed by atoms with E-state index in [4.69, 9.17) is 13.7 Å². The summed E-state index contributed by atoms with van der Waals surface area (Å²) >= 11 is 0. The van der Waals surface area contributed by atoms with Crippen LogP contribution in [0, 0.1) is 13.8 Å². The maximum atomic E-state index is 13.6. The summed E-state index contributed by atoms with van der Waals surface area (Å²) in [6.07, 6.45) is 3.17. The van der Waals surface area contributed by atoms with E-state index in [2.05, 4.69) is 14.9 Å². The molecule has 10 nitrogen and oxygen atoms in total. The van der Waals surface area contributed by atoms with Crippen LogP contribution in [0.1, 0.15) is 22.4 Å². The van der Waals surface area contributed by atoms with E-state index < -0.39 is 10.0 Å². The molecule has 0 spiro atoms. The maximum Gasteiger partial charge on any atom is 0.264 e. The van der Waals surface area contributed by atoms with Gasteiger partial charge >= 0.3 is 0 Å². The molecule has 1 amide bonds. The molecular formula is C31H30N4O6S. The highest BCUT2D eigenvalue weighted by Gasteiger charge is 2.25. The molecule has 1 N–H and O–H groups in total. The Balaban J connectivity index is 1.53. The molecule has 5 rings (SSSR count). The van der Waals surface area contributed by atoms with Gasteiger partial charge in [0.25, 0.3) is 10.0 Å². The van der Waals surface area contributed by atoms with Gasteiger partial charge in [-0.15, -0.1) is 0 Å². The molecule has 5 aromatic rings. The molecule has 0 radical (unpaired) electrons. The molecule has 3 aromatic carbocycles. The first-order chi connectivity index (χ1) is 20.2. The predicted octanol–water partition coefficient (Wildman–Crippen LogP) is 5.62. The normalized spacial score (nSPS) is 11.3. The molecule has 42 heavy (non-hydrogen) atoms. The summed E-state index contributed by atoms with van der Waals surface area (Å²) in [5, 5.41) is 3.85. The highest BCUT2D eigenvalue weighted by Crippen LogP contribution is 2.35. The average Bonchev–Trinajstić information content (AvgIpc) is 3.64. The fourth-order valence-corrected chi connectivity index (χ4v) is 5.86. The molecule has 216 valence electrons. The van der Waals surface area contributed by atoms with E-state index in [0.717, 1.165) is 5.56 Å². The second-order valence-corrected chi connectivity index (χ2v) is 11.4. The van der Waals surface area contributed by atoms with Gasteiger partial charge < -0.3 is 18.6 Å². The molecule has 0 unspecified atom stereocenters. The van der Waals surface area contributed by atoms with E-state index in [0.29, 0.717) is 45.2 Å². The first-order valence-electron chi connectivity index (χ1n) is 13.1. The van der Waals surface area contributed by atoms with Crippen molar-refractivity contribution >= 4 is 21.8 Å². The molecule has 0 fully saturated rings. The summed E-state index contributed by atoms with van der Waals surface area (Å²) in [5.41, 5.74) is 4.44. The highest BCUT2D eigenvalue weighted by atomic mass is 32.2. The minimum Gasteiger partial charge on any atom is -0.496 e. The Labute approximate surface area is 244 Å². The van der Waals surface area contributed by atoms with Gasteiger partial charge in [-0.1, -0.05) is 47.6 Å². The molecule has 2 aromatic heterocycles. The van der Waals surface area contributed by atoms with Gasteiger partial charge in [-0.2, -0.15) is 0 Å². The van der Waals surface area contributed by atoms with Gasteiger partial charge in [0.05, 0.1) is 30.3 Å². The maximum absolute atomic E-state index is 13.6. The van der Waals surface area contributed by atoms with Gasteiger partial charge in [-0.25, -0.2) is 18.1 Å². The molecular weight excluding hydrogens is 556 g/mol. The minimum absolute atomic E-state index is 0.0478. The minimum atomic E-state index is -4.07. The number of aryl methyl sites for hydroxylation is 1. The number of oxazole rings is 1. The topological polar surface area (TPSA) is 128 Å². The van der Waals surface area contributed by atoms with Crippen LogP contribution in [0.15, 0.2) is 93.0 Å². The van der Waals surface area contributed by atoms with E-state index in [1.54, 1.807) is 57.3 Å². The van der Waals surface area contributed by atoms with Crippen LogP contribution >= 0.6 is 0 Å². The number of methoxy groups -OCH3 is 1. The monoisotopic (exact) mass is 586 g/mol. The first-order valence-corrected chi connectivity index (χ1v) is 14.6. The fraction of sp³-hybridized carbons (Fsp3) is 0.194. The van der Waals surface area contributed by atoms with E-state index >= 15 is 0 Å². The summed E-state index contributed by atoms with van der Waals surface area (Å²) < 4.78 is 45.9. The van der Waals surface area contributed by atoms with Gasteiger partial charge in [0.15, 0.2) is 0 Å². The van der Waals surface area contributed by atoms with E-state index in [9.17, 15) is 13.2 Å². The van der Waals surface area contributed by atoms with Crippen LogP contribution in [-0.4, -0.2) is 43.5 Å². The number of para-hydroxylation sites is 1. The molecule has 0 saturated heterocycles. The number of ether oxygens (including phenoxy) is 1. The summed E-state index contributed by atoms with van der Waals surface area (Å²) in [7, 11) is -0.799. The molecule has 0 atom stereocenters. The molecule has 2 heterocycles. The van der Waals surface area contributed by atoms with Crippen molar-refractivity contribution in [3.63, 3.8) is 0 Å². The van der Waals surface area contributed by atoms with E-state index in [1.807, 2.05) is 42.5 Å². The number of rotatable bonds is 10. The van der Waals surface area contributed by atoms with Crippen molar-refractivity contribution in [2.45, 2.75) is 31.7 Å². The number of benzene rings is 3. The number of aromatic nitrogens is 2. The van der Waals surface area contributed by atoms with Crippen molar-refractivity contribution in [1.82, 2.24) is 15.0 Å². The largest absolute Gasteiger partial charge is 0.496 e. The summed E-state index contributed by atoms with van der Waals surface area (Å²) in [6, 6.07) is 19.5. The lowest BCUT2D eigenvalue weighted by atomic mass is 9.96. The third kappa shape index (κ3) is 5.91. The van der Waals surface area contributed by atoms with Crippen LogP contribution in [0.4, 0.5) is 5.88 Å². The zero-order valence-corrected chi connectivity index (χ0v) is 24.4. The lowest BCUT2D eigenvalue weighted by molar-refractivity contribution is -0.129. The SMILES string of the molecule is COc1ccccc1CC(=O)N(C)Cc1cc(-c2ncco2)ccc1-c1ccccc1S(=O)(=O)Nc1onc(C)c1C. The first kappa shape index (κ1) is 28.6. The van der Waals surface area contributed by atoms with Crippen LogP contribution in [0.25, 0.3) is 22.6 Å². The van der Waals surface area contributed by atoms with Gasteiger partial charge in [0.2, 0.25) is 17.7 Å². The number of carbonyl (C=O) groups is 1. The van der Waals surface area contributed by atoms with Crippen molar-refractivity contribution in [2.24, 2.45) is 0 Å². The van der Waals surface area contributed by atoms with Gasteiger partial charge in [0.1, 0.15) is 12.0 Å². The quantitative estimate of drug-likeness (QED) is 0.223. The zero-order chi connectivity index (χ0) is 29.9. The van der Waals surface area contributed by atoms with Crippen molar-refractivity contribution in [2.75, 3.05) is 18.9 Å². The Kier molecular flexibility index (Phi) is 8.12. The number of likely N-dealkylation sites (N-methyl/N-ethyl adjacent to an activating group) is 1. The lowest BCUT2D eigenvalue weighted by Gasteiger charge is -2.21. The van der Waals surface area contributed by atoms with Crippen molar-refractivity contribution in [3.05, 3.63) is 102 Å². The van der Waals surface area contributed by atoms with Crippen LogP contribution in [-0.2, 0) is 27.8 Å². The molecule has 0 aliphatic heterocycles. The molecule has 0 bridgehead atoms. The number of hydrogen-bond donors (Lipinski definition) is 1. The summed E-state index contributed by atoms with van der Waals surface area (Å²) in [5.74, 6) is 0.966. The van der Waals surface area contributed by atoms with Gasteiger partial charge in [0, 0.05) is 35.8 Å². The number of sulfonamides is 1. The van der Waals surface area contributed by atoms with E-state index in [1.165, 1.54) is 12.3 Å². The predicted molar refractivity (Wildman–Crippen MR) is 157 cm³/mol. The molecule has 0 saturated carbocycles. The number of anilines is 1. The Morgan fingerprint density at radius 2 is 1.76 bits per heavy atom. The van der Waals surface area contributed by atoms with Gasteiger partial charge in [-0.05, 0) is 49.2 Å². The Bertz CT molecular complexity index is 1830. The molecule has 0 aliphatic rings. The third-order valence-corrected chi connectivity index (χ3v) is 8.39. The number of nitrogens with zero attached hydrogens (tertiary/aromatic N) is 3. The smallest absolute Gasteiger partial charge is 0.264 e. The number of hydrogen-bond acceptors (Lipinski definition) is 8. The Morgan fingerprint density at radius 1 is 1.00 bits per heavy atom. The van der Waals surface area contributed by atoms with Crippen LogP contribution < -0.4 is 9.46 Å². The third-order valence-electron chi connectivity index (χ3n) is 7.00. The summed E-state index contributed by atoms with van der Waals surface area (Å²) in [4.78, 5) is 19.2. The number of amides is 1. The fourth-order valence-electron chi connectivity index (χ4n) is 4.59. The van der Waals surface area contributed by atoms with Crippen molar-refractivity contribution < 1.29 is 26.9 Å². The van der Waals surface area contributed by atoms with Crippen molar-refractivity contribution in [3.8, 4) is 28.3 Å². The van der Waals surface area contributed by atoms with Crippen molar-refractivity contribution in [1.29, 1.82) is 0 Å². The standard InChI is InChI=1S/C31H30N4O6S/c1-20-21(2)33-41-30(20)34-42(37,38)28-12-8-6-10-26(28)25-14-13-23(31-32-15-16-40-31)17-24(25)19-35(3)29(36)18-22-9-5-7-11-27(22)39-4/h5-17,34H,18-19H2,1-4H3. The summed E-state index contributed by atoms with van der Waals surface area (Å²) in [6.45, 7) is 3.66. The second-order valence-electron chi connectivity index (χ2n) is 9.77. The molecule has 0 aliphatic carbocycles. The Morgan fingerprint density at radius 3 is 2.48 bits per heavy atom. The molecule has 11 heteroatoms. The van der Waals surface area contributed by atoms with Crippen LogP contribution in [0.5, 0.6) is 5.75 Å². The zero-order valence-electron chi connectivity index (χ0n) is 23.6.